The van der Waals surface area contributed by atoms with E-state index in [2.05, 4.69) is 0 Å². The monoisotopic (exact) mass is 207 g/mol. The van der Waals surface area contributed by atoms with Gasteiger partial charge in [-0.15, -0.1) is 0 Å². The maximum Gasteiger partial charge on any atom is 0.339 e. The lowest BCUT2D eigenvalue weighted by Crippen LogP contribution is -2.28. The van der Waals surface area contributed by atoms with Crippen LogP contribution in [0.4, 0.5) is 0 Å². The zero-order chi connectivity index (χ0) is 11.3. The summed E-state index contributed by atoms with van der Waals surface area (Å²) in [6.07, 6.45) is 0.163. The van der Waals surface area contributed by atoms with Crippen molar-refractivity contribution in [2.24, 2.45) is 11.7 Å². The first-order valence-electron chi connectivity index (χ1n) is 5.11. The Morgan fingerprint density at radius 2 is 1.93 bits per heavy atom. The summed E-state index contributed by atoms with van der Waals surface area (Å²) in [6.45, 7) is 4.08. The fourth-order valence-corrected chi connectivity index (χ4v) is 1.29. The predicted molar refractivity (Wildman–Crippen MR) is 59.3 cm³/mol. The lowest BCUT2D eigenvalue weighted by atomic mass is 10.1. The minimum atomic E-state index is -0.516. The van der Waals surface area contributed by atoms with E-state index in [9.17, 15) is 4.79 Å². The Balaban J connectivity index is 2.49. The number of hydrogen-bond acceptors (Lipinski definition) is 3. The fraction of sp³-hybridized carbons (Fsp3) is 0.417. The first kappa shape index (κ1) is 11.7. The highest BCUT2D eigenvalue weighted by molar-refractivity contribution is 5.89. The Morgan fingerprint density at radius 1 is 1.33 bits per heavy atom. The van der Waals surface area contributed by atoms with Crippen molar-refractivity contribution in [1.29, 1.82) is 0 Å². The van der Waals surface area contributed by atoms with E-state index in [1.54, 1.807) is 24.3 Å². The van der Waals surface area contributed by atoms with E-state index < -0.39 is 6.23 Å². The Bertz CT molecular complexity index is 309. The quantitative estimate of drug-likeness (QED) is 0.608. The van der Waals surface area contributed by atoms with E-state index in [4.69, 9.17) is 10.5 Å². The van der Waals surface area contributed by atoms with Gasteiger partial charge in [0.25, 0.3) is 0 Å². The van der Waals surface area contributed by atoms with Crippen molar-refractivity contribution in [3.8, 4) is 0 Å². The first-order valence-corrected chi connectivity index (χ1v) is 5.11. The van der Waals surface area contributed by atoms with E-state index in [-0.39, 0.29) is 5.97 Å². The second-order valence-electron chi connectivity index (χ2n) is 3.94. The minimum Gasteiger partial charge on any atom is -0.443 e. The molecule has 3 heteroatoms. The van der Waals surface area contributed by atoms with Gasteiger partial charge in [0.15, 0.2) is 6.23 Å². The third-order valence-corrected chi connectivity index (χ3v) is 1.97. The molecule has 2 N–H and O–H groups in total. The largest absolute Gasteiger partial charge is 0.443 e. The Labute approximate surface area is 90.2 Å². The molecule has 0 amide bonds. The van der Waals surface area contributed by atoms with Gasteiger partial charge in [-0.1, -0.05) is 32.0 Å². The lowest BCUT2D eigenvalue weighted by molar-refractivity contribution is 0.0270. The third kappa shape index (κ3) is 4.13. The molecule has 0 radical (unpaired) electrons. The topological polar surface area (TPSA) is 52.3 Å². The SMILES string of the molecule is CC(C)CC(N)OC(=O)c1ccccc1. The molecular formula is C12H17NO2. The molecule has 1 rings (SSSR count). The van der Waals surface area contributed by atoms with Crippen LogP contribution in [0.15, 0.2) is 30.3 Å². The molecule has 15 heavy (non-hydrogen) atoms. The van der Waals surface area contributed by atoms with E-state index >= 15 is 0 Å². The van der Waals surface area contributed by atoms with Crippen molar-refractivity contribution in [3.05, 3.63) is 35.9 Å². The maximum atomic E-state index is 11.5. The summed E-state index contributed by atoms with van der Waals surface area (Å²) in [4.78, 5) is 11.5. The van der Waals surface area contributed by atoms with Crippen LogP contribution in [-0.4, -0.2) is 12.2 Å². The van der Waals surface area contributed by atoms with Crippen LogP contribution in [0.2, 0.25) is 0 Å². The van der Waals surface area contributed by atoms with Gasteiger partial charge in [-0.2, -0.15) is 0 Å². The lowest BCUT2D eigenvalue weighted by Gasteiger charge is -2.14. The molecule has 0 aliphatic carbocycles. The highest BCUT2D eigenvalue weighted by atomic mass is 16.6. The van der Waals surface area contributed by atoms with Gasteiger partial charge < -0.3 is 4.74 Å². The summed E-state index contributed by atoms with van der Waals surface area (Å²) in [5.41, 5.74) is 6.21. The van der Waals surface area contributed by atoms with Crippen molar-refractivity contribution in [3.63, 3.8) is 0 Å². The number of carbonyl (C=O) groups is 1. The van der Waals surface area contributed by atoms with Gasteiger partial charge in [-0.3, -0.25) is 5.73 Å². The summed E-state index contributed by atoms with van der Waals surface area (Å²) in [5, 5.41) is 0. The van der Waals surface area contributed by atoms with Gasteiger partial charge in [-0.25, -0.2) is 4.79 Å². The molecule has 0 aliphatic rings. The molecule has 0 saturated carbocycles. The molecule has 0 spiro atoms. The van der Waals surface area contributed by atoms with Crippen LogP contribution in [0.1, 0.15) is 30.6 Å². The van der Waals surface area contributed by atoms with Crippen LogP contribution < -0.4 is 5.73 Å². The molecule has 1 aromatic rings. The number of esters is 1. The van der Waals surface area contributed by atoms with E-state index in [0.29, 0.717) is 17.9 Å². The van der Waals surface area contributed by atoms with Crippen LogP contribution in [0.3, 0.4) is 0 Å². The molecule has 0 saturated heterocycles. The highest BCUT2D eigenvalue weighted by Gasteiger charge is 2.12. The molecule has 0 aromatic heterocycles. The maximum absolute atomic E-state index is 11.5. The Kier molecular flexibility index (Phi) is 4.31. The zero-order valence-corrected chi connectivity index (χ0v) is 9.14. The third-order valence-electron chi connectivity index (χ3n) is 1.97. The van der Waals surface area contributed by atoms with Crippen molar-refractivity contribution < 1.29 is 9.53 Å². The molecule has 3 nitrogen and oxygen atoms in total. The number of benzene rings is 1. The number of ether oxygens (including phenoxy) is 1. The molecule has 0 aliphatic heterocycles. The number of hydrogen-bond donors (Lipinski definition) is 1. The van der Waals surface area contributed by atoms with Gasteiger partial charge in [0.2, 0.25) is 0 Å². The summed E-state index contributed by atoms with van der Waals surface area (Å²) in [6, 6.07) is 8.87. The van der Waals surface area contributed by atoms with E-state index in [1.165, 1.54) is 0 Å². The van der Waals surface area contributed by atoms with Gasteiger partial charge in [-0.05, 0) is 18.1 Å². The standard InChI is InChI=1S/C12H17NO2/c1-9(2)8-11(13)15-12(14)10-6-4-3-5-7-10/h3-7,9,11H,8,13H2,1-2H3. The van der Waals surface area contributed by atoms with Crippen LogP contribution in [-0.2, 0) is 4.74 Å². The van der Waals surface area contributed by atoms with Crippen molar-refractivity contribution in [2.75, 3.05) is 0 Å². The predicted octanol–water partition coefficient (Wildman–Crippen LogP) is 2.17. The molecule has 1 aromatic carbocycles. The van der Waals surface area contributed by atoms with Gasteiger partial charge in [0.1, 0.15) is 0 Å². The van der Waals surface area contributed by atoms with Crippen LogP contribution in [0.5, 0.6) is 0 Å². The second-order valence-corrected chi connectivity index (χ2v) is 3.94. The number of carbonyl (C=O) groups excluding carboxylic acids is 1. The highest BCUT2D eigenvalue weighted by Crippen LogP contribution is 2.07. The first-order chi connectivity index (χ1) is 7.09. The van der Waals surface area contributed by atoms with E-state index in [0.717, 1.165) is 0 Å². The van der Waals surface area contributed by atoms with Crippen LogP contribution in [0, 0.1) is 5.92 Å². The fourth-order valence-electron chi connectivity index (χ4n) is 1.29. The zero-order valence-electron chi connectivity index (χ0n) is 9.14. The molecule has 0 heterocycles. The Hall–Kier alpha value is -1.35. The van der Waals surface area contributed by atoms with Crippen LogP contribution in [0.25, 0.3) is 0 Å². The number of nitrogens with two attached hydrogens (primary N) is 1. The van der Waals surface area contributed by atoms with Gasteiger partial charge in [0, 0.05) is 6.42 Å². The molecule has 1 atom stereocenters. The molecule has 0 fully saturated rings. The average Bonchev–Trinajstić information content (AvgIpc) is 2.17. The van der Waals surface area contributed by atoms with E-state index in [1.807, 2.05) is 19.9 Å². The summed E-state index contributed by atoms with van der Waals surface area (Å²) < 4.78 is 5.09. The summed E-state index contributed by atoms with van der Waals surface area (Å²) in [5.74, 6) is 0.0623. The molecule has 1 unspecified atom stereocenters. The molecule has 82 valence electrons. The van der Waals surface area contributed by atoms with Crippen molar-refractivity contribution in [1.82, 2.24) is 0 Å². The Morgan fingerprint density at radius 3 is 2.47 bits per heavy atom. The molecular weight excluding hydrogens is 190 g/mol. The summed E-state index contributed by atoms with van der Waals surface area (Å²) >= 11 is 0. The summed E-state index contributed by atoms with van der Waals surface area (Å²) in [7, 11) is 0. The van der Waals surface area contributed by atoms with Crippen molar-refractivity contribution in [2.45, 2.75) is 26.5 Å². The molecule has 0 bridgehead atoms. The normalized spacial score (nSPS) is 12.5. The van der Waals surface area contributed by atoms with Gasteiger partial charge in [0.05, 0.1) is 5.56 Å². The average molecular weight is 207 g/mol. The smallest absolute Gasteiger partial charge is 0.339 e. The van der Waals surface area contributed by atoms with Crippen LogP contribution >= 0.6 is 0 Å². The van der Waals surface area contributed by atoms with Gasteiger partial charge >= 0.3 is 5.97 Å². The second kappa shape index (κ2) is 5.51. The van der Waals surface area contributed by atoms with Crippen molar-refractivity contribution >= 4 is 5.97 Å². The number of rotatable bonds is 4. The minimum absolute atomic E-state index is 0.358.